The third kappa shape index (κ3) is 5.24. The minimum absolute atomic E-state index is 0.160. The first-order chi connectivity index (χ1) is 18.2. The van der Waals surface area contributed by atoms with Crippen LogP contribution in [0.1, 0.15) is 18.4 Å². The maximum atomic E-state index is 12.4. The molecule has 8 heteroatoms. The Morgan fingerprint density at radius 3 is 2.59 bits per heavy atom. The van der Waals surface area contributed by atoms with Crippen molar-refractivity contribution >= 4 is 22.8 Å². The Labute approximate surface area is 215 Å². The van der Waals surface area contributed by atoms with Crippen LogP contribution in [-0.2, 0) is 6.54 Å². The highest BCUT2D eigenvalue weighted by atomic mass is 16.2. The SMILES string of the molecule is O=C(Nc1ccc(-c2cnc3[nH]cc(-c4cnn(Cc5ccccc5)c4)c3c2)cc1)NC1CCNCC1. The summed E-state index contributed by atoms with van der Waals surface area (Å²) in [4.78, 5) is 20.3. The number of nitrogens with one attached hydrogen (secondary N) is 4. The van der Waals surface area contributed by atoms with Gasteiger partial charge in [0, 0.05) is 52.4 Å². The quantitative estimate of drug-likeness (QED) is 0.268. The third-order valence-electron chi connectivity index (χ3n) is 6.81. The second-order valence-electron chi connectivity index (χ2n) is 9.43. The van der Waals surface area contributed by atoms with E-state index in [1.165, 1.54) is 5.56 Å². The van der Waals surface area contributed by atoms with E-state index in [0.29, 0.717) is 0 Å². The van der Waals surface area contributed by atoms with E-state index in [2.05, 4.69) is 55.4 Å². The van der Waals surface area contributed by atoms with Crippen LogP contribution in [0.2, 0.25) is 0 Å². The fraction of sp³-hybridized carbons (Fsp3) is 0.207. The lowest BCUT2D eigenvalue weighted by Crippen LogP contribution is -2.44. The number of amides is 2. The summed E-state index contributed by atoms with van der Waals surface area (Å²) in [7, 11) is 0. The summed E-state index contributed by atoms with van der Waals surface area (Å²) in [6.07, 6.45) is 9.73. The number of hydrogen-bond donors (Lipinski definition) is 4. The van der Waals surface area contributed by atoms with Gasteiger partial charge in [-0.1, -0.05) is 42.5 Å². The molecule has 0 saturated carbocycles. The van der Waals surface area contributed by atoms with Gasteiger partial charge in [0.15, 0.2) is 0 Å². The van der Waals surface area contributed by atoms with Gasteiger partial charge in [-0.15, -0.1) is 0 Å². The highest BCUT2D eigenvalue weighted by Crippen LogP contribution is 2.31. The van der Waals surface area contributed by atoms with Gasteiger partial charge in [0.2, 0.25) is 0 Å². The molecule has 2 amide bonds. The fourth-order valence-corrected chi connectivity index (χ4v) is 4.82. The Kier molecular flexibility index (Phi) is 6.39. The Balaban J connectivity index is 1.17. The van der Waals surface area contributed by atoms with E-state index in [-0.39, 0.29) is 12.1 Å². The zero-order chi connectivity index (χ0) is 25.0. The summed E-state index contributed by atoms with van der Waals surface area (Å²) in [5.41, 5.74) is 6.96. The van der Waals surface area contributed by atoms with Crippen molar-refractivity contribution in [2.24, 2.45) is 0 Å². The standard InChI is InChI=1S/C29H29N7O/c37-29(35-25-10-12-30-13-11-25)34-24-8-6-21(7-9-24)22-14-26-27(17-32-28(26)31-15-22)23-16-33-36(19-23)18-20-4-2-1-3-5-20/h1-9,14-17,19,25,30H,10-13,18H2,(H,31,32)(H2,34,35,37). The molecule has 37 heavy (non-hydrogen) atoms. The van der Waals surface area contributed by atoms with Crippen LogP contribution in [0.15, 0.2) is 85.5 Å². The predicted molar refractivity (Wildman–Crippen MR) is 146 cm³/mol. The minimum atomic E-state index is -0.160. The summed E-state index contributed by atoms with van der Waals surface area (Å²) in [6, 6.07) is 20.4. The Morgan fingerprint density at radius 1 is 0.973 bits per heavy atom. The number of benzene rings is 2. The number of H-pyrrole nitrogens is 1. The molecule has 0 radical (unpaired) electrons. The van der Waals surface area contributed by atoms with Crippen molar-refractivity contribution in [1.82, 2.24) is 30.4 Å². The van der Waals surface area contributed by atoms with Crippen LogP contribution in [0.4, 0.5) is 10.5 Å². The molecule has 0 bridgehead atoms. The van der Waals surface area contributed by atoms with Crippen LogP contribution in [0.5, 0.6) is 0 Å². The highest BCUT2D eigenvalue weighted by Gasteiger charge is 2.15. The number of fused-ring (bicyclic) bond motifs is 1. The van der Waals surface area contributed by atoms with Crippen molar-refractivity contribution in [3.8, 4) is 22.3 Å². The lowest BCUT2D eigenvalue weighted by atomic mass is 10.0. The van der Waals surface area contributed by atoms with Crippen LogP contribution in [0, 0.1) is 0 Å². The van der Waals surface area contributed by atoms with Gasteiger partial charge in [0.1, 0.15) is 5.65 Å². The van der Waals surface area contributed by atoms with E-state index < -0.39 is 0 Å². The van der Waals surface area contributed by atoms with Gasteiger partial charge in [-0.2, -0.15) is 5.10 Å². The minimum Gasteiger partial charge on any atom is -0.346 e. The van der Waals surface area contributed by atoms with Gasteiger partial charge in [0.05, 0.1) is 12.7 Å². The number of rotatable bonds is 6. The van der Waals surface area contributed by atoms with E-state index in [1.54, 1.807) is 0 Å². The average molecular weight is 492 g/mol. The molecule has 8 nitrogen and oxygen atoms in total. The molecule has 5 aromatic rings. The molecule has 4 N–H and O–H groups in total. The van der Waals surface area contributed by atoms with Crippen LogP contribution < -0.4 is 16.0 Å². The van der Waals surface area contributed by atoms with E-state index in [0.717, 1.165) is 71.5 Å². The van der Waals surface area contributed by atoms with Crippen LogP contribution in [0.3, 0.4) is 0 Å². The second-order valence-corrected chi connectivity index (χ2v) is 9.43. The number of pyridine rings is 1. The first-order valence-corrected chi connectivity index (χ1v) is 12.6. The van der Waals surface area contributed by atoms with Crippen molar-refractivity contribution in [2.45, 2.75) is 25.4 Å². The molecule has 0 atom stereocenters. The average Bonchev–Trinajstić information content (AvgIpc) is 3.56. The number of hydrogen-bond acceptors (Lipinski definition) is 4. The normalized spacial score (nSPS) is 14.1. The van der Waals surface area contributed by atoms with Crippen molar-refractivity contribution < 1.29 is 4.79 Å². The van der Waals surface area contributed by atoms with Crippen molar-refractivity contribution in [2.75, 3.05) is 18.4 Å². The number of aromatic nitrogens is 4. The van der Waals surface area contributed by atoms with Crippen molar-refractivity contribution in [3.05, 3.63) is 91.0 Å². The molecule has 0 unspecified atom stereocenters. The second kappa shape index (κ2) is 10.3. The molecule has 2 aromatic carbocycles. The molecule has 1 aliphatic heterocycles. The van der Waals surface area contributed by atoms with Crippen LogP contribution in [-0.4, -0.2) is 44.9 Å². The summed E-state index contributed by atoms with van der Waals surface area (Å²) in [6.45, 7) is 2.61. The lowest BCUT2D eigenvalue weighted by Gasteiger charge is -2.23. The van der Waals surface area contributed by atoms with Gasteiger partial charge in [-0.05, 0) is 55.3 Å². The number of piperidine rings is 1. The van der Waals surface area contributed by atoms with Gasteiger partial charge >= 0.3 is 6.03 Å². The number of urea groups is 1. The Morgan fingerprint density at radius 2 is 1.78 bits per heavy atom. The topological polar surface area (TPSA) is 99.7 Å². The molecule has 4 heterocycles. The lowest BCUT2D eigenvalue weighted by molar-refractivity contribution is 0.245. The molecular weight excluding hydrogens is 462 g/mol. The number of anilines is 1. The molecule has 1 saturated heterocycles. The molecule has 1 fully saturated rings. The highest BCUT2D eigenvalue weighted by molar-refractivity contribution is 5.95. The van der Waals surface area contributed by atoms with Gasteiger partial charge in [-0.25, -0.2) is 9.78 Å². The maximum Gasteiger partial charge on any atom is 0.319 e. The first-order valence-electron chi connectivity index (χ1n) is 12.6. The molecule has 0 aliphatic carbocycles. The number of carbonyl (C=O) groups is 1. The van der Waals surface area contributed by atoms with Crippen LogP contribution in [0.25, 0.3) is 33.3 Å². The zero-order valence-corrected chi connectivity index (χ0v) is 20.4. The number of nitrogens with zero attached hydrogens (tertiary/aromatic N) is 3. The van der Waals surface area contributed by atoms with E-state index in [1.807, 2.05) is 65.7 Å². The zero-order valence-electron chi connectivity index (χ0n) is 20.4. The summed E-state index contributed by atoms with van der Waals surface area (Å²) >= 11 is 0. The first kappa shape index (κ1) is 23.0. The number of aromatic amines is 1. The van der Waals surface area contributed by atoms with Crippen molar-refractivity contribution in [3.63, 3.8) is 0 Å². The smallest absolute Gasteiger partial charge is 0.319 e. The molecule has 1 aliphatic rings. The summed E-state index contributed by atoms with van der Waals surface area (Å²) < 4.78 is 1.95. The van der Waals surface area contributed by atoms with E-state index >= 15 is 0 Å². The molecular formula is C29H29N7O. The van der Waals surface area contributed by atoms with E-state index in [9.17, 15) is 4.79 Å². The Bertz CT molecular complexity index is 1500. The van der Waals surface area contributed by atoms with E-state index in [4.69, 9.17) is 0 Å². The van der Waals surface area contributed by atoms with Gasteiger partial charge < -0.3 is 20.9 Å². The third-order valence-corrected chi connectivity index (χ3v) is 6.81. The molecule has 6 rings (SSSR count). The Hall–Kier alpha value is -4.43. The molecule has 3 aromatic heterocycles. The monoisotopic (exact) mass is 491 g/mol. The van der Waals surface area contributed by atoms with Gasteiger partial charge in [-0.3, -0.25) is 4.68 Å². The van der Waals surface area contributed by atoms with Gasteiger partial charge in [0.25, 0.3) is 0 Å². The molecule has 186 valence electrons. The fourth-order valence-electron chi connectivity index (χ4n) is 4.82. The summed E-state index contributed by atoms with van der Waals surface area (Å²) in [5, 5.41) is 14.9. The molecule has 0 spiro atoms. The number of carbonyl (C=O) groups excluding carboxylic acids is 1. The largest absolute Gasteiger partial charge is 0.346 e. The van der Waals surface area contributed by atoms with Crippen LogP contribution >= 0.6 is 0 Å². The summed E-state index contributed by atoms with van der Waals surface area (Å²) in [5.74, 6) is 0. The van der Waals surface area contributed by atoms with Crippen molar-refractivity contribution in [1.29, 1.82) is 0 Å². The predicted octanol–water partition coefficient (Wildman–Crippen LogP) is 5.02. The maximum absolute atomic E-state index is 12.4.